The second-order valence-corrected chi connectivity index (χ2v) is 3.20. The van der Waals surface area contributed by atoms with Gasteiger partial charge < -0.3 is 9.84 Å². The lowest BCUT2D eigenvalue weighted by atomic mass is 10.2. The SMILES string of the molecule is O=C(O)CC(=O)COc1c(F)c(F)cc(F)c1F. The van der Waals surface area contributed by atoms with Crippen LogP contribution in [0.15, 0.2) is 6.07 Å². The van der Waals surface area contributed by atoms with E-state index in [2.05, 4.69) is 4.74 Å². The van der Waals surface area contributed by atoms with Crippen LogP contribution < -0.4 is 4.74 Å². The third-order valence-corrected chi connectivity index (χ3v) is 1.80. The summed E-state index contributed by atoms with van der Waals surface area (Å²) in [5.41, 5.74) is 0. The first-order valence-electron chi connectivity index (χ1n) is 4.52. The third kappa shape index (κ3) is 3.19. The van der Waals surface area contributed by atoms with Crippen molar-refractivity contribution >= 4 is 11.8 Å². The predicted octanol–water partition coefficient (Wildman–Crippen LogP) is 1.67. The van der Waals surface area contributed by atoms with Crippen LogP contribution in [0.2, 0.25) is 0 Å². The summed E-state index contributed by atoms with van der Waals surface area (Å²) in [5, 5.41) is 8.23. The van der Waals surface area contributed by atoms with E-state index < -0.39 is 53.8 Å². The maximum absolute atomic E-state index is 13.0. The Hall–Kier alpha value is -2.12. The Morgan fingerprint density at radius 2 is 1.61 bits per heavy atom. The van der Waals surface area contributed by atoms with Crippen molar-refractivity contribution < 1.29 is 37.0 Å². The Balaban J connectivity index is 2.85. The van der Waals surface area contributed by atoms with Crippen LogP contribution in [0.3, 0.4) is 0 Å². The molecule has 0 aliphatic carbocycles. The number of hydrogen-bond donors (Lipinski definition) is 1. The van der Waals surface area contributed by atoms with Gasteiger partial charge in [-0.2, -0.15) is 8.78 Å². The number of carboxylic acids is 1. The summed E-state index contributed by atoms with van der Waals surface area (Å²) < 4.78 is 55.7. The molecule has 0 aliphatic heterocycles. The van der Waals surface area contributed by atoms with Gasteiger partial charge in [-0.15, -0.1) is 0 Å². The number of carbonyl (C=O) groups is 2. The fraction of sp³-hybridized carbons (Fsp3) is 0.200. The molecule has 0 aromatic heterocycles. The van der Waals surface area contributed by atoms with E-state index in [0.29, 0.717) is 0 Å². The highest BCUT2D eigenvalue weighted by atomic mass is 19.2. The monoisotopic (exact) mass is 266 g/mol. The fourth-order valence-corrected chi connectivity index (χ4v) is 1.05. The van der Waals surface area contributed by atoms with Crippen LogP contribution in [0, 0.1) is 23.3 Å². The van der Waals surface area contributed by atoms with Crippen LogP contribution in [-0.2, 0) is 9.59 Å². The average molecular weight is 266 g/mol. The topological polar surface area (TPSA) is 63.6 Å². The minimum atomic E-state index is -1.79. The molecule has 0 radical (unpaired) electrons. The van der Waals surface area contributed by atoms with Crippen molar-refractivity contribution in [3.8, 4) is 5.75 Å². The molecule has 0 fully saturated rings. The number of benzene rings is 1. The summed E-state index contributed by atoms with van der Waals surface area (Å²) in [6, 6.07) is -0.0173. The molecule has 0 unspecified atom stereocenters. The molecule has 8 heteroatoms. The van der Waals surface area contributed by atoms with E-state index in [0.717, 1.165) is 0 Å². The molecule has 1 rings (SSSR count). The molecule has 4 nitrogen and oxygen atoms in total. The normalized spacial score (nSPS) is 10.2. The second kappa shape index (κ2) is 5.48. The first-order valence-corrected chi connectivity index (χ1v) is 4.52. The van der Waals surface area contributed by atoms with Gasteiger partial charge in [-0.1, -0.05) is 0 Å². The molecule has 1 aromatic carbocycles. The van der Waals surface area contributed by atoms with Gasteiger partial charge in [0, 0.05) is 6.07 Å². The van der Waals surface area contributed by atoms with Gasteiger partial charge in [-0.05, 0) is 0 Å². The van der Waals surface area contributed by atoms with Crippen molar-refractivity contribution in [3.05, 3.63) is 29.3 Å². The van der Waals surface area contributed by atoms with Crippen LogP contribution in [-0.4, -0.2) is 23.5 Å². The number of carbonyl (C=O) groups excluding carboxylic acids is 1. The van der Waals surface area contributed by atoms with Crippen molar-refractivity contribution in [3.63, 3.8) is 0 Å². The number of Topliss-reactive ketones (excluding diaryl/α,β-unsaturated/α-hetero) is 1. The molecular formula is C10H6F4O4. The van der Waals surface area contributed by atoms with Gasteiger partial charge in [0.05, 0.1) is 0 Å². The van der Waals surface area contributed by atoms with Crippen LogP contribution in [0.25, 0.3) is 0 Å². The molecule has 0 saturated heterocycles. The lowest BCUT2D eigenvalue weighted by molar-refractivity contribution is -0.140. The molecular weight excluding hydrogens is 260 g/mol. The van der Waals surface area contributed by atoms with Crippen molar-refractivity contribution in [2.24, 2.45) is 0 Å². The molecule has 1 aromatic rings. The molecule has 0 aliphatic rings. The van der Waals surface area contributed by atoms with E-state index in [1.807, 2.05) is 0 Å². The van der Waals surface area contributed by atoms with E-state index in [-0.39, 0.29) is 6.07 Å². The highest BCUT2D eigenvalue weighted by Gasteiger charge is 2.21. The molecule has 0 heterocycles. The molecule has 0 amide bonds. The van der Waals surface area contributed by atoms with Gasteiger partial charge in [0.15, 0.2) is 23.2 Å². The lowest BCUT2D eigenvalue weighted by Crippen LogP contribution is -2.16. The van der Waals surface area contributed by atoms with Crippen molar-refractivity contribution in [2.75, 3.05) is 6.61 Å². The maximum Gasteiger partial charge on any atom is 0.311 e. The number of rotatable bonds is 5. The third-order valence-electron chi connectivity index (χ3n) is 1.80. The van der Waals surface area contributed by atoms with E-state index in [1.54, 1.807) is 0 Å². The van der Waals surface area contributed by atoms with Gasteiger partial charge >= 0.3 is 5.97 Å². The summed E-state index contributed by atoms with van der Waals surface area (Å²) in [4.78, 5) is 21.0. The van der Waals surface area contributed by atoms with Crippen molar-refractivity contribution in [1.29, 1.82) is 0 Å². The Labute approximate surface area is 97.8 Å². The highest BCUT2D eigenvalue weighted by Crippen LogP contribution is 2.26. The van der Waals surface area contributed by atoms with Crippen molar-refractivity contribution in [1.82, 2.24) is 0 Å². The number of hydrogen-bond acceptors (Lipinski definition) is 3. The Morgan fingerprint density at radius 1 is 1.11 bits per heavy atom. The van der Waals surface area contributed by atoms with Gasteiger partial charge in [-0.3, -0.25) is 9.59 Å². The summed E-state index contributed by atoms with van der Waals surface area (Å²) in [7, 11) is 0. The van der Waals surface area contributed by atoms with Crippen molar-refractivity contribution in [2.45, 2.75) is 6.42 Å². The summed E-state index contributed by atoms with van der Waals surface area (Å²) >= 11 is 0. The number of carboxylic acid groups (broad SMARTS) is 1. The zero-order valence-electron chi connectivity index (χ0n) is 8.68. The van der Waals surface area contributed by atoms with Gasteiger partial charge in [0.25, 0.3) is 0 Å². The van der Waals surface area contributed by atoms with Gasteiger partial charge in [-0.25, -0.2) is 8.78 Å². The van der Waals surface area contributed by atoms with Crippen LogP contribution in [0.5, 0.6) is 5.75 Å². The smallest absolute Gasteiger partial charge is 0.311 e. The van der Waals surface area contributed by atoms with Crippen LogP contribution in [0.4, 0.5) is 17.6 Å². The van der Waals surface area contributed by atoms with Crippen LogP contribution >= 0.6 is 0 Å². The number of halogens is 4. The zero-order chi connectivity index (χ0) is 13.9. The Kier molecular flexibility index (Phi) is 4.24. The van der Waals surface area contributed by atoms with E-state index in [4.69, 9.17) is 5.11 Å². The molecule has 1 N–H and O–H groups in total. The fourth-order valence-electron chi connectivity index (χ4n) is 1.05. The molecule has 98 valence electrons. The minimum Gasteiger partial charge on any atom is -0.481 e. The largest absolute Gasteiger partial charge is 0.481 e. The number of ketones is 1. The minimum absolute atomic E-state index is 0.0173. The van der Waals surface area contributed by atoms with E-state index in [9.17, 15) is 27.2 Å². The summed E-state index contributed by atoms with van der Waals surface area (Å²) in [5.74, 6) is -10.8. The lowest BCUT2D eigenvalue weighted by Gasteiger charge is -2.08. The molecule has 18 heavy (non-hydrogen) atoms. The molecule has 0 atom stereocenters. The summed E-state index contributed by atoms with van der Waals surface area (Å²) in [6.45, 7) is -1.01. The molecule has 0 spiro atoms. The molecule has 0 bridgehead atoms. The standard InChI is InChI=1S/C10H6F4O4/c11-5-2-6(12)9(14)10(8(5)13)18-3-4(15)1-7(16)17/h2H,1,3H2,(H,16,17). The zero-order valence-corrected chi connectivity index (χ0v) is 8.68. The second-order valence-electron chi connectivity index (χ2n) is 3.20. The predicted molar refractivity (Wildman–Crippen MR) is 49.0 cm³/mol. The number of aliphatic carboxylic acids is 1. The summed E-state index contributed by atoms with van der Waals surface area (Å²) in [6.07, 6.45) is -0.930. The first kappa shape index (κ1) is 13.9. The van der Waals surface area contributed by atoms with Gasteiger partial charge in [0.1, 0.15) is 13.0 Å². The maximum atomic E-state index is 13.0. The molecule has 0 saturated carbocycles. The average Bonchev–Trinajstić information content (AvgIpc) is 2.25. The quantitative estimate of drug-likeness (QED) is 0.500. The van der Waals surface area contributed by atoms with E-state index in [1.165, 1.54) is 0 Å². The van der Waals surface area contributed by atoms with Crippen LogP contribution in [0.1, 0.15) is 6.42 Å². The first-order chi connectivity index (χ1) is 8.32. The Bertz CT molecular complexity index is 475. The van der Waals surface area contributed by atoms with E-state index >= 15 is 0 Å². The number of ether oxygens (including phenoxy) is 1. The van der Waals surface area contributed by atoms with Gasteiger partial charge in [0.2, 0.25) is 11.6 Å². The Morgan fingerprint density at radius 3 is 2.06 bits per heavy atom. The highest BCUT2D eigenvalue weighted by molar-refractivity contribution is 5.95.